The molecule has 0 aliphatic carbocycles. The summed E-state index contributed by atoms with van der Waals surface area (Å²) < 4.78 is 0. The average molecular weight is 338 g/mol. The number of nitrogens with one attached hydrogen (secondary N) is 2. The van der Waals surface area contributed by atoms with Crippen LogP contribution in [0.3, 0.4) is 0 Å². The second-order valence-corrected chi connectivity index (χ2v) is 6.08. The molecule has 0 saturated heterocycles. The number of rotatable bonds is 6. The van der Waals surface area contributed by atoms with Crippen molar-refractivity contribution in [3.8, 4) is 0 Å². The van der Waals surface area contributed by atoms with Crippen LogP contribution in [0, 0.1) is 0 Å². The molecule has 0 fully saturated rings. The van der Waals surface area contributed by atoms with Crippen LogP contribution in [0.25, 0.3) is 10.9 Å². The predicted octanol–water partition coefficient (Wildman–Crippen LogP) is 3.79. The van der Waals surface area contributed by atoms with Crippen LogP contribution < -0.4 is 10.6 Å². The van der Waals surface area contributed by atoms with E-state index in [0.717, 1.165) is 27.3 Å². The molecule has 5 nitrogen and oxygen atoms in total. The van der Waals surface area contributed by atoms with Crippen molar-refractivity contribution in [3.63, 3.8) is 0 Å². The van der Waals surface area contributed by atoms with E-state index in [1.807, 2.05) is 54.8 Å². The van der Waals surface area contributed by atoms with Crippen LogP contribution in [-0.2, 0) is 4.79 Å². The van der Waals surface area contributed by atoms with Crippen LogP contribution in [0.4, 0.5) is 11.5 Å². The van der Waals surface area contributed by atoms with Gasteiger partial charge in [0.1, 0.15) is 12.1 Å². The van der Waals surface area contributed by atoms with Crippen molar-refractivity contribution in [2.45, 2.75) is 11.3 Å². The molecular weight excluding hydrogens is 320 g/mol. The van der Waals surface area contributed by atoms with Crippen molar-refractivity contribution in [3.05, 3.63) is 54.9 Å². The topological polar surface area (TPSA) is 66.9 Å². The fourth-order valence-corrected chi connectivity index (χ4v) is 2.82. The molecule has 0 unspecified atom stereocenters. The van der Waals surface area contributed by atoms with Gasteiger partial charge in [-0.05, 0) is 36.6 Å². The molecule has 1 amide bonds. The van der Waals surface area contributed by atoms with Gasteiger partial charge < -0.3 is 10.6 Å². The lowest BCUT2D eigenvalue weighted by molar-refractivity contribution is -0.115. The highest BCUT2D eigenvalue weighted by atomic mass is 32.2. The van der Waals surface area contributed by atoms with Gasteiger partial charge in [0.15, 0.2) is 0 Å². The van der Waals surface area contributed by atoms with Gasteiger partial charge in [0.2, 0.25) is 5.91 Å². The Morgan fingerprint density at radius 3 is 2.88 bits per heavy atom. The van der Waals surface area contributed by atoms with Gasteiger partial charge in [-0.1, -0.05) is 18.2 Å². The number of thioether (sulfide) groups is 1. The molecule has 24 heavy (non-hydrogen) atoms. The lowest BCUT2D eigenvalue weighted by Crippen LogP contribution is -2.16. The first-order valence-corrected chi connectivity index (χ1v) is 8.86. The highest BCUT2D eigenvalue weighted by Gasteiger charge is 2.05. The van der Waals surface area contributed by atoms with Gasteiger partial charge in [0, 0.05) is 28.9 Å². The Morgan fingerprint density at radius 1 is 1.12 bits per heavy atom. The molecule has 3 aromatic rings. The summed E-state index contributed by atoms with van der Waals surface area (Å²) in [4.78, 5) is 21.7. The van der Waals surface area contributed by atoms with Gasteiger partial charge in [0.25, 0.3) is 0 Å². The Hall–Kier alpha value is -2.60. The molecule has 0 aliphatic rings. The van der Waals surface area contributed by atoms with E-state index in [2.05, 4.69) is 20.6 Å². The Labute approximate surface area is 144 Å². The van der Waals surface area contributed by atoms with E-state index in [1.54, 1.807) is 11.8 Å². The zero-order valence-corrected chi connectivity index (χ0v) is 14.1. The zero-order valence-electron chi connectivity index (χ0n) is 13.3. The van der Waals surface area contributed by atoms with Crippen molar-refractivity contribution < 1.29 is 4.79 Å². The summed E-state index contributed by atoms with van der Waals surface area (Å²) >= 11 is 1.65. The maximum absolute atomic E-state index is 12.1. The third-order valence-corrected chi connectivity index (χ3v) is 4.27. The number of hydrogen-bond acceptors (Lipinski definition) is 5. The highest BCUT2D eigenvalue weighted by molar-refractivity contribution is 7.98. The van der Waals surface area contributed by atoms with Crippen LogP contribution >= 0.6 is 11.8 Å². The maximum Gasteiger partial charge on any atom is 0.226 e. The van der Waals surface area contributed by atoms with Crippen LogP contribution in [0.15, 0.2) is 59.8 Å². The Kier molecular flexibility index (Phi) is 5.28. The first kappa shape index (κ1) is 16.3. The number of amides is 1. The number of nitrogens with zero attached hydrogens (tertiary/aromatic N) is 2. The van der Waals surface area contributed by atoms with E-state index in [-0.39, 0.29) is 5.91 Å². The van der Waals surface area contributed by atoms with E-state index in [9.17, 15) is 4.79 Å². The number of fused-ring (bicyclic) bond motifs is 1. The normalized spacial score (nSPS) is 10.5. The van der Waals surface area contributed by atoms with E-state index >= 15 is 0 Å². The molecule has 0 atom stereocenters. The lowest BCUT2D eigenvalue weighted by atomic mass is 10.2. The lowest BCUT2D eigenvalue weighted by Gasteiger charge is -2.09. The number of aromatic nitrogens is 2. The minimum Gasteiger partial charge on any atom is -0.369 e. The van der Waals surface area contributed by atoms with Crippen LogP contribution in [0.5, 0.6) is 0 Å². The Bertz CT molecular complexity index is 848. The predicted molar refractivity (Wildman–Crippen MR) is 99.5 cm³/mol. The first-order chi connectivity index (χ1) is 11.8. The minimum atomic E-state index is -0.0286. The summed E-state index contributed by atoms with van der Waals surface area (Å²) in [6, 6.07) is 15.6. The van der Waals surface area contributed by atoms with Crippen molar-refractivity contribution in [2.24, 2.45) is 0 Å². The van der Waals surface area contributed by atoms with Crippen LogP contribution in [-0.4, -0.2) is 28.7 Å². The van der Waals surface area contributed by atoms with E-state index in [1.165, 1.54) is 6.33 Å². The molecule has 1 aromatic heterocycles. The second kappa shape index (κ2) is 7.79. The Morgan fingerprint density at radius 2 is 2.00 bits per heavy atom. The zero-order chi connectivity index (χ0) is 16.8. The molecule has 122 valence electrons. The summed E-state index contributed by atoms with van der Waals surface area (Å²) in [7, 11) is 0. The SMILES string of the molecule is CSc1cccc(NC(=O)CCNc2ncnc3ccccc23)c1. The fourth-order valence-electron chi connectivity index (χ4n) is 2.36. The minimum absolute atomic E-state index is 0.0286. The van der Waals surface area contributed by atoms with Crippen molar-refractivity contribution >= 4 is 40.1 Å². The molecule has 0 radical (unpaired) electrons. The molecule has 6 heteroatoms. The largest absolute Gasteiger partial charge is 0.369 e. The van der Waals surface area contributed by atoms with Crippen molar-refractivity contribution in [2.75, 3.05) is 23.4 Å². The first-order valence-electron chi connectivity index (χ1n) is 7.64. The quantitative estimate of drug-likeness (QED) is 0.669. The summed E-state index contributed by atoms with van der Waals surface area (Å²) in [6.07, 6.45) is 3.90. The van der Waals surface area contributed by atoms with E-state index < -0.39 is 0 Å². The van der Waals surface area contributed by atoms with Gasteiger partial charge in [-0.2, -0.15) is 0 Å². The Balaban J connectivity index is 1.56. The monoisotopic (exact) mass is 338 g/mol. The molecule has 2 aromatic carbocycles. The number of anilines is 2. The molecule has 0 aliphatic heterocycles. The molecule has 0 saturated carbocycles. The number of benzene rings is 2. The highest BCUT2D eigenvalue weighted by Crippen LogP contribution is 2.20. The van der Waals surface area contributed by atoms with Gasteiger partial charge in [-0.3, -0.25) is 4.79 Å². The average Bonchev–Trinajstić information content (AvgIpc) is 2.62. The molecular formula is C18H18N4OS. The number of hydrogen-bond donors (Lipinski definition) is 2. The summed E-state index contributed by atoms with van der Waals surface area (Å²) in [5.74, 6) is 0.719. The smallest absolute Gasteiger partial charge is 0.226 e. The third kappa shape index (κ3) is 4.02. The summed E-state index contributed by atoms with van der Waals surface area (Å²) in [5, 5.41) is 7.08. The van der Waals surface area contributed by atoms with Crippen molar-refractivity contribution in [1.29, 1.82) is 0 Å². The second-order valence-electron chi connectivity index (χ2n) is 5.20. The molecule has 0 bridgehead atoms. The molecule has 3 rings (SSSR count). The van der Waals surface area contributed by atoms with Crippen LogP contribution in [0.2, 0.25) is 0 Å². The van der Waals surface area contributed by atoms with E-state index in [4.69, 9.17) is 0 Å². The number of carbonyl (C=O) groups excluding carboxylic acids is 1. The number of para-hydroxylation sites is 1. The molecule has 0 spiro atoms. The third-order valence-electron chi connectivity index (χ3n) is 3.54. The molecule has 2 N–H and O–H groups in total. The number of carbonyl (C=O) groups is 1. The maximum atomic E-state index is 12.1. The standard InChI is InChI=1S/C18H18N4OS/c1-24-14-6-4-5-13(11-14)22-17(23)9-10-19-18-15-7-2-3-8-16(15)20-12-21-18/h2-8,11-12H,9-10H2,1H3,(H,22,23)(H,19,20,21). The van der Waals surface area contributed by atoms with Gasteiger partial charge >= 0.3 is 0 Å². The van der Waals surface area contributed by atoms with E-state index in [0.29, 0.717) is 13.0 Å². The molecule has 1 heterocycles. The fraction of sp³-hybridized carbons (Fsp3) is 0.167. The van der Waals surface area contributed by atoms with Gasteiger partial charge in [-0.15, -0.1) is 11.8 Å². The van der Waals surface area contributed by atoms with Crippen molar-refractivity contribution in [1.82, 2.24) is 9.97 Å². The van der Waals surface area contributed by atoms with Gasteiger partial charge in [0.05, 0.1) is 5.52 Å². The van der Waals surface area contributed by atoms with Crippen LogP contribution in [0.1, 0.15) is 6.42 Å². The van der Waals surface area contributed by atoms with Gasteiger partial charge in [-0.25, -0.2) is 9.97 Å². The summed E-state index contributed by atoms with van der Waals surface area (Å²) in [6.45, 7) is 0.509. The summed E-state index contributed by atoms with van der Waals surface area (Å²) in [5.41, 5.74) is 1.70.